The van der Waals surface area contributed by atoms with Crippen LogP contribution in [0.3, 0.4) is 0 Å². The lowest BCUT2D eigenvalue weighted by atomic mass is 10.2. The highest BCUT2D eigenvalue weighted by molar-refractivity contribution is 9.10. The van der Waals surface area contributed by atoms with Gasteiger partial charge in [0.1, 0.15) is 0 Å². The quantitative estimate of drug-likeness (QED) is 0.558. The van der Waals surface area contributed by atoms with Crippen molar-refractivity contribution < 1.29 is 26.4 Å². The standard InChI is InChI=1S/C16H22BrN3O6S2/c1-10-8-12(10)16(22)18-7-6-15(21)19-11-4-5-14(13(17)9-11)20(27(2,23)24)28(3,25)26/h4-5,9-10,12H,6-8H2,1-3H3,(H,18,22)(H,19,21). The van der Waals surface area contributed by atoms with Gasteiger partial charge in [-0.3, -0.25) is 9.59 Å². The van der Waals surface area contributed by atoms with Crippen molar-refractivity contribution in [3.8, 4) is 0 Å². The van der Waals surface area contributed by atoms with Gasteiger partial charge >= 0.3 is 0 Å². The van der Waals surface area contributed by atoms with Crippen molar-refractivity contribution in [2.24, 2.45) is 11.8 Å². The number of benzene rings is 1. The van der Waals surface area contributed by atoms with Gasteiger partial charge < -0.3 is 10.6 Å². The van der Waals surface area contributed by atoms with Crippen LogP contribution >= 0.6 is 15.9 Å². The summed E-state index contributed by atoms with van der Waals surface area (Å²) in [5.74, 6) is 0.0447. The summed E-state index contributed by atoms with van der Waals surface area (Å²) in [6.07, 6.45) is 2.51. The topological polar surface area (TPSA) is 130 Å². The fourth-order valence-corrected chi connectivity index (χ4v) is 6.47. The van der Waals surface area contributed by atoms with E-state index in [0.29, 0.717) is 15.3 Å². The minimum atomic E-state index is -4.07. The lowest BCUT2D eigenvalue weighted by Gasteiger charge is -2.21. The average Bonchev–Trinajstić information content (AvgIpc) is 3.24. The molecule has 9 nitrogen and oxygen atoms in total. The summed E-state index contributed by atoms with van der Waals surface area (Å²) < 4.78 is 47.9. The second kappa shape index (κ2) is 8.37. The maximum Gasteiger partial charge on any atom is 0.245 e. The Kier molecular flexibility index (Phi) is 6.77. The molecule has 0 aliphatic heterocycles. The van der Waals surface area contributed by atoms with Gasteiger partial charge in [0.15, 0.2) is 0 Å². The van der Waals surface area contributed by atoms with Crippen molar-refractivity contribution in [2.45, 2.75) is 19.8 Å². The number of nitrogens with one attached hydrogen (secondary N) is 2. The van der Waals surface area contributed by atoms with Gasteiger partial charge in [-0.15, -0.1) is 0 Å². The second-order valence-electron chi connectivity index (χ2n) is 6.80. The van der Waals surface area contributed by atoms with E-state index in [4.69, 9.17) is 0 Å². The second-order valence-corrected chi connectivity index (χ2v) is 11.5. The molecule has 0 bridgehead atoms. The predicted molar refractivity (Wildman–Crippen MR) is 110 cm³/mol. The van der Waals surface area contributed by atoms with Gasteiger partial charge in [0.25, 0.3) is 0 Å². The van der Waals surface area contributed by atoms with Crippen molar-refractivity contribution in [2.75, 3.05) is 28.1 Å². The smallest absolute Gasteiger partial charge is 0.245 e. The zero-order valence-corrected chi connectivity index (χ0v) is 18.8. The first kappa shape index (κ1) is 22.6. The van der Waals surface area contributed by atoms with Gasteiger partial charge in [0.2, 0.25) is 31.9 Å². The van der Waals surface area contributed by atoms with Gasteiger partial charge in [-0.25, -0.2) is 16.8 Å². The lowest BCUT2D eigenvalue weighted by Crippen LogP contribution is -2.35. The monoisotopic (exact) mass is 495 g/mol. The maximum absolute atomic E-state index is 12.0. The van der Waals surface area contributed by atoms with Crippen LogP contribution in [0.25, 0.3) is 0 Å². The molecular formula is C16H22BrN3O6S2. The number of hydrogen-bond donors (Lipinski definition) is 2. The SMILES string of the molecule is CC1CC1C(=O)NCCC(=O)Nc1ccc(N(S(C)(=O)=O)S(C)(=O)=O)c(Br)c1. The fraction of sp³-hybridized carbons (Fsp3) is 0.500. The Morgan fingerprint density at radius 1 is 1.18 bits per heavy atom. The average molecular weight is 496 g/mol. The summed E-state index contributed by atoms with van der Waals surface area (Å²) in [5, 5.41) is 5.33. The van der Waals surface area contributed by atoms with Crippen molar-refractivity contribution in [3.05, 3.63) is 22.7 Å². The van der Waals surface area contributed by atoms with Crippen LogP contribution in [-0.4, -0.2) is 47.7 Å². The first-order chi connectivity index (χ1) is 12.8. The molecule has 156 valence electrons. The van der Waals surface area contributed by atoms with Crippen LogP contribution in [0.1, 0.15) is 19.8 Å². The minimum absolute atomic E-state index is 0.0409. The first-order valence-corrected chi connectivity index (χ1v) is 12.9. The summed E-state index contributed by atoms with van der Waals surface area (Å²) in [5.41, 5.74) is 0.263. The van der Waals surface area contributed by atoms with Crippen molar-refractivity contribution in [1.29, 1.82) is 0 Å². The predicted octanol–water partition coefficient (Wildman–Crippen LogP) is 1.28. The molecule has 28 heavy (non-hydrogen) atoms. The molecule has 2 rings (SSSR count). The van der Waals surface area contributed by atoms with E-state index in [1.165, 1.54) is 18.2 Å². The Morgan fingerprint density at radius 3 is 2.21 bits per heavy atom. The molecule has 1 saturated carbocycles. The Balaban J connectivity index is 2.01. The number of hydrogen-bond acceptors (Lipinski definition) is 6. The van der Waals surface area contributed by atoms with Gasteiger partial charge in [0.05, 0.1) is 18.2 Å². The van der Waals surface area contributed by atoms with Gasteiger partial charge in [-0.05, 0) is 46.5 Å². The molecular weight excluding hydrogens is 474 g/mol. The Morgan fingerprint density at radius 2 is 1.75 bits per heavy atom. The molecule has 1 aliphatic carbocycles. The Hall–Kier alpha value is -1.66. The molecule has 2 unspecified atom stereocenters. The molecule has 12 heteroatoms. The Labute approximate surface area is 173 Å². The summed E-state index contributed by atoms with van der Waals surface area (Å²) in [6, 6.07) is 4.07. The molecule has 1 fully saturated rings. The number of sulfonamides is 2. The van der Waals surface area contributed by atoms with Crippen LogP contribution in [0.5, 0.6) is 0 Å². The molecule has 1 aromatic rings. The van der Waals surface area contributed by atoms with Crippen molar-refractivity contribution in [3.63, 3.8) is 0 Å². The van der Waals surface area contributed by atoms with Crippen LogP contribution in [0.4, 0.5) is 11.4 Å². The van der Waals surface area contributed by atoms with E-state index in [1.54, 1.807) is 0 Å². The van der Waals surface area contributed by atoms with Gasteiger partial charge in [0, 0.05) is 29.0 Å². The number of nitrogens with zero attached hydrogens (tertiary/aromatic N) is 1. The highest BCUT2D eigenvalue weighted by atomic mass is 79.9. The summed E-state index contributed by atoms with van der Waals surface area (Å²) in [7, 11) is -8.14. The third-order valence-electron chi connectivity index (χ3n) is 4.13. The van der Waals surface area contributed by atoms with Crippen LogP contribution in [0.15, 0.2) is 22.7 Å². The number of amides is 2. The highest BCUT2D eigenvalue weighted by Crippen LogP contribution is 2.37. The number of carbonyl (C=O) groups is 2. The van der Waals surface area contributed by atoms with Crippen molar-refractivity contribution in [1.82, 2.24) is 5.32 Å². The third kappa shape index (κ3) is 5.92. The number of carbonyl (C=O) groups excluding carboxylic acids is 2. The summed E-state index contributed by atoms with van der Waals surface area (Å²) in [4.78, 5) is 23.7. The summed E-state index contributed by atoms with van der Waals surface area (Å²) >= 11 is 3.14. The maximum atomic E-state index is 12.0. The molecule has 0 aromatic heterocycles. The molecule has 2 atom stereocenters. The van der Waals surface area contributed by atoms with Crippen LogP contribution in [0.2, 0.25) is 0 Å². The van der Waals surface area contributed by atoms with Crippen LogP contribution < -0.4 is 14.3 Å². The molecule has 2 amide bonds. The van der Waals surface area contributed by atoms with Crippen LogP contribution in [-0.2, 0) is 29.6 Å². The highest BCUT2D eigenvalue weighted by Gasteiger charge is 2.38. The number of anilines is 2. The minimum Gasteiger partial charge on any atom is -0.355 e. The fourth-order valence-electron chi connectivity index (χ4n) is 2.68. The van der Waals surface area contributed by atoms with E-state index < -0.39 is 20.0 Å². The zero-order chi connectivity index (χ0) is 21.3. The molecule has 0 radical (unpaired) electrons. The van der Waals surface area contributed by atoms with Crippen molar-refractivity contribution >= 4 is 59.2 Å². The van der Waals surface area contributed by atoms with Gasteiger partial charge in [-0.2, -0.15) is 3.71 Å². The molecule has 0 heterocycles. The largest absolute Gasteiger partial charge is 0.355 e. The van der Waals surface area contributed by atoms with E-state index in [-0.39, 0.29) is 40.9 Å². The Bertz CT molecular complexity index is 962. The molecule has 2 N–H and O–H groups in total. The van der Waals surface area contributed by atoms with E-state index in [9.17, 15) is 26.4 Å². The zero-order valence-electron chi connectivity index (χ0n) is 15.6. The lowest BCUT2D eigenvalue weighted by molar-refractivity contribution is -0.122. The van der Waals surface area contributed by atoms with E-state index in [0.717, 1.165) is 18.9 Å². The third-order valence-corrected chi connectivity index (χ3v) is 7.99. The summed E-state index contributed by atoms with van der Waals surface area (Å²) in [6.45, 7) is 2.20. The molecule has 0 saturated heterocycles. The van der Waals surface area contributed by atoms with Crippen LogP contribution in [0, 0.1) is 11.8 Å². The number of rotatable bonds is 8. The number of halogens is 1. The van der Waals surface area contributed by atoms with E-state index in [1.807, 2.05) is 6.92 Å². The van der Waals surface area contributed by atoms with E-state index in [2.05, 4.69) is 26.6 Å². The first-order valence-electron chi connectivity index (χ1n) is 8.38. The molecule has 1 aromatic carbocycles. The van der Waals surface area contributed by atoms with Gasteiger partial charge in [-0.1, -0.05) is 6.92 Å². The molecule has 0 spiro atoms. The normalized spacial score (nSPS) is 19.0. The van der Waals surface area contributed by atoms with E-state index >= 15 is 0 Å². The molecule has 1 aliphatic rings.